The lowest BCUT2D eigenvalue weighted by Crippen LogP contribution is -2.18. The lowest BCUT2D eigenvalue weighted by molar-refractivity contribution is 0.0964. The Labute approximate surface area is 169 Å². The van der Waals surface area contributed by atoms with Crippen molar-refractivity contribution in [2.45, 2.75) is 32.6 Å². The van der Waals surface area contributed by atoms with Crippen LogP contribution in [-0.4, -0.2) is 32.1 Å². The Morgan fingerprint density at radius 2 is 1.93 bits per heavy atom. The summed E-state index contributed by atoms with van der Waals surface area (Å²) in [6, 6.07) is 9.52. The lowest BCUT2D eigenvalue weighted by atomic mass is 10.0. The second kappa shape index (κ2) is 7.18. The van der Waals surface area contributed by atoms with E-state index in [2.05, 4.69) is 15.0 Å². The molecule has 1 saturated carbocycles. The summed E-state index contributed by atoms with van der Waals surface area (Å²) in [5.74, 6) is 0.618. The van der Waals surface area contributed by atoms with Crippen LogP contribution in [-0.2, 0) is 10.0 Å². The number of hydrogen-bond acceptors (Lipinski definition) is 5. The van der Waals surface area contributed by atoms with Gasteiger partial charge in [0, 0.05) is 12.6 Å². The van der Waals surface area contributed by atoms with Crippen LogP contribution in [0.5, 0.6) is 0 Å². The fourth-order valence-electron chi connectivity index (χ4n) is 3.30. The number of nitrogens with zero attached hydrogens (tertiary/aromatic N) is 1. The smallest absolute Gasteiger partial charge is 0.255 e. The molecule has 2 aromatic heterocycles. The van der Waals surface area contributed by atoms with Crippen molar-refractivity contribution in [1.29, 1.82) is 0 Å². The summed E-state index contributed by atoms with van der Waals surface area (Å²) in [6.45, 7) is 3.56. The van der Waals surface area contributed by atoms with Crippen LogP contribution in [0.25, 0.3) is 22.4 Å². The summed E-state index contributed by atoms with van der Waals surface area (Å²) in [5, 5.41) is 3.25. The maximum absolute atomic E-state index is 12.7. The molecule has 3 aromatic rings. The molecule has 152 valence electrons. The van der Waals surface area contributed by atoms with Crippen molar-refractivity contribution >= 4 is 32.8 Å². The number of furan rings is 1. The van der Waals surface area contributed by atoms with E-state index in [1.807, 2.05) is 37.3 Å². The zero-order valence-corrected chi connectivity index (χ0v) is 17.4. The van der Waals surface area contributed by atoms with Gasteiger partial charge in [0.1, 0.15) is 11.6 Å². The van der Waals surface area contributed by atoms with Crippen molar-refractivity contribution in [3.8, 4) is 11.3 Å². The van der Waals surface area contributed by atoms with Crippen molar-refractivity contribution in [2.75, 3.05) is 17.5 Å². The molecule has 1 aliphatic rings. The van der Waals surface area contributed by atoms with Crippen LogP contribution in [0.4, 0.5) is 5.82 Å². The minimum absolute atomic E-state index is 0.0485. The van der Waals surface area contributed by atoms with Gasteiger partial charge in [-0.1, -0.05) is 29.8 Å². The van der Waals surface area contributed by atoms with Crippen molar-refractivity contribution in [1.82, 2.24) is 10.3 Å². The number of nitrogens with one attached hydrogen (secondary N) is 2. The number of rotatable bonds is 6. The largest absolute Gasteiger partial charge is 0.437 e. The summed E-state index contributed by atoms with van der Waals surface area (Å²) < 4.78 is 32.8. The third-order valence-corrected chi connectivity index (χ3v) is 6.39. The molecule has 1 aliphatic carbocycles. The van der Waals surface area contributed by atoms with E-state index >= 15 is 0 Å². The van der Waals surface area contributed by atoms with E-state index in [9.17, 15) is 13.2 Å². The van der Waals surface area contributed by atoms with Gasteiger partial charge in [0.2, 0.25) is 15.7 Å². The van der Waals surface area contributed by atoms with E-state index in [0.717, 1.165) is 29.5 Å². The van der Waals surface area contributed by atoms with Gasteiger partial charge in [-0.3, -0.25) is 9.52 Å². The highest BCUT2D eigenvalue weighted by Crippen LogP contribution is 2.45. The van der Waals surface area contributed by atoms with Crippen LogP contribution < -0.4 is 10.0 Å². The van der Waals surface area contributed by atoms with Gasteiger partial charge in [-0.2, -0.15) is 4.98 Å². The normalized spacial score (nSPS) is 14.2. The first-order valence-corrected chi connectivity index (χ1v) is 11.2. The Morgan fingerprint density at radius 1 is 1.24 bits per heavy atom. The van der Waals surface area contributed by atoms with Crippen LogP contribution in [0.15, 0.2) is 34.7 Å². The zero-order chi connectivity index (χ0) is 20.8. The Kier molecular flexibility index (Phi) is 4.82. The number of amides is 1. The lowest BCUT2D eigenvalue weighted by Gasteiger charge is -2.10. The minimum Gasteiger partial charge on any atom is -0.437 e. The molecule has 0 aliphatic heterocycles. The average Bonchev–Trinajstić information content (AvgIpc) is 3.48. The quantitative estimate of drug-likeness (QED) is 0.640. The average molecular weight is 413 g/mol. The summed E-state index contributed by atoms with van der Waals surface area (Å²) >= 11 is 0. The van der Waals surface area contributed by atoms with E-state index in [1.54, 1.807) is 14.0 Å². The Bertz CT molecular complexity index is 1190. The molecule has 0 atom stereocenters. The van der Waals surface area contributed by atoms with E-state index in [0.29, 0.717) is 16.7 Å². The van der Waals surface area contributed by atoms with E-state index in [4.69, 9.17) is 4.42 Å². The molecule has 7 nitrogen and oxygen atoms in total. The van der Waals surface area contributed by atoms with Crippen LogP contribution in [0, 0.1) is 6.92 Å². The van der Waals surface area contributed by atoms with Crippen molar-refractivity contribution in [2.24, 2.45) is 0 Å². The Balaban J connectivity index is 1.95. The molecule has 4 rings (SSSR count). The number of carbonyl (C=O) groups is 1. The number of sulfonamides is 1. The van der Waals surface area contributed by atoms with Crippen LogP contribution in [0.2, 0.25) is 0 Å². The third kappa shape index (κ3) is 3.72. The monoisotopic (exact) mass is 413 g/mol. The van der Waals surface area contributed by atoms with Crippen LogP contribution >= 0.6 is 0 Å². The van der Waals surface area contributed by atoms with Gasteiger partial charge >= 0.3 is 0 Å². The number of aryl methyl sites for hydroxylation is 1. The molecule has 1 aromatic carbocycles. The first kappa shape index (κ1) is 19.4. The summed E-state index contributed by atoms with van der Waals surface area (Å²) in [6.07, 6.45) is 1.93. The number of pyridine rings is 1. The molecule has 29 heavy (non-hydrogen) atoms. The summed E-state index contributed by atoms with van der Waals surface area (Å²) in [7, 11) is -1.92. The van der Waals surface area contributed by atoms with Crippen molar-refractivity contribution in [3.63, 3.8) is 0 Å². The number of benzene rings is 1. The molecule has 1 fully saturated rings. The molecule has 0 bridgehead atoms. The highest BCUT2D eigenvalue weighted by atomic mass is 32.2. The fourth-order valence-corrected chi connectivity index (χ4v) is 3.91. The van der Waals surface area contributed by atoms with Crippen LogP contribution in [0.3, 0.4) is 0 Å². The topological polar surface area (TPSA) is 101 Å². The molecule has 0 radical (unpaired) electrons. The van der Waals surface area contributed by atoms with Gasteiger partial charge in [-0.25, -0.2) is 8.42 Å². The fraction of sp³-hybridized carbons (Fsp3) is 0.333. The van der Waals surface area contributed by atoms with Crippen molar-refractivity contribution < 1.29 is 17.6 Å². The van der Waals surface area contributed by atoms with E-state index < -0.39 is 10.0 Å². The summed E-state index contributed by atoms with van der Waals surface area (Å²) in [4.78, 5) is 17.2. The first-order valence-electron chi connectivity index (χ1n) is 9.60. The Morgan fingerprint density at radius 3 is 2.52 bits per heavy atom. The van der Waals surface area contributed by atoms with Crippen LogP contribution in [0.1, 0.15) is 47.2 Å². The van der Waals surface area contributed by atoms with Gasteiger partial charge in [0.05, 0.1) is 16.7 Å². The zero-order valence-electron chi connectivity index (χ0n) is 16.6. The van der Waals surface area contributed by atoms with Gasteiger partial charge in [-0.15, -0.1) is 0 Å². The molecule has 2 heterocycles. The first-order chi connectivity index (χ1) is 13.8. The standard InChI is InChI=1S/C21H23N3O4S/c1-4-29(26,27)24-19-15(13-9-10-13)11-16-17(20(25)22-3)18(28-21(16)23-19)14-7-5-12(2)6-8-14/h5-8,11,13H,4,9-10H2,1-3H3,(H,22,25)(H,23,24). The molecule has 0 saturated heterocycles. The molecule has 2 N–H and O–H groups in total. The summed E-state index contributed by atoms with van der Waals surface area (Å²) in [5.41, 5.74) is 3.30. The highest BCUT2D eigenvalue weighted by molar-refractivity contribution is 7.92. The van der Waals surface area contributed by atoms with Crippen molar-refractivity contribution in [3.05, 3.63) is 47.0 Å². The predicted octanol–water partition coefficient (Wildman–Crippen LogP) is 3.80. The number of carbonyl (C=O) groups excluding carboxylic acids is 1. The molecule has 0 unspecified atom stereocenters. The second-order valence-corrected chi connectivity index (χ2v) is 9.32. The minimum atomic E-state index is -3.48. The SMILES string of the molecule is CCS(=O)(=O)Nc1nc2oc(-c3ccc(C)cc3)c(C(=O)NC)c2cc1C1CC1. The molecule has 1 amide bonds. The molecule has 8 heteroatoms. The van der Waals surface area contributed by atoms with E-state index in [-0.39, 0.29) is 29.1 Å². The van der Waals surface area contributed by atoms with Gasteiger partial charge in [-0.05, 0) is 44.2 Å². The second-order valence-electron chi connectivity index (χ2n) is 7.31. The molecular formula is C21H23N3O4S. The maximum atomic E-state index is 12.7. The van der Waals surface area contributed by atoms with Gasteiger partial charge < -0.3 is 9.73 Å². The number of fused-ring (bicyclic) bond motifs is 1. The van der Waals surface area contributed by atoms with E-state index in [1.165, 1.54) is 0 Å². The molecule has 0 spiro atoms. The maximum Gasteiger partial charge on any atom is 0.255 e. The predicted molar refractivity (Wildman–Crippen MR) is 113 cm³/mol. The van der Waals surface area contributed by atoms with Gasteiger partial charge in [0.25, 0.3) is 5.91 Å². The third-order valence-electron chi connectivity index (χ3n) is 5.13. The number of anilines is 1. The number of hydrogen-bond donors (Lipinski definition) is 2. The van der Waals surface area contributed by atoms with Gasteiger partial charge in [0.15, 0.2) is 0 Å². The highest BCUT2D eigenvalue weighted by Gasteiger charge is 2.31. The Hall–Kier alpha value is -2.87. The molecular weight excluding hydrogens is 390 g/mol. The number of aromatic nitrogens is 1.